The Hall–Kier alpha value is -1.35. The van der Waals surface area contributed by atoms with Crippen molar-refractivity contribution in [3.05, 3.63) is 74.8 Å². The minimum atomic E-state index is 0.553. The van der Waals surface area contributed by atoms with Crippen LogP contribution in [-0.2, 0) is 0 Å². The Kier molecular flexibility index (Phi) is 4.53. The van der Waals surface area contributed by atoms with E-state index in [0.29, 0.717) is 10.0 Å². The minimum absolute atomic E-state index is 0.553. The van der Waals surface area contributed by atoms with Crippen molar-refractivity contribution in [2.45, 2.75) is 6.92 Å². The van der Waals surface area contributed by atoms with E-state index in [-0.39, 0.29) is 0 Å². The maximum Gasteiger partial charge on any atom is 0.0711 e. The number of pyridine rings is 1. The largest absolute Gasteiger partial charge is 0.253 e. The molecule has 0 radical (unpaired) electrons. The zero-order valence-electron chi connectivity index (χ0n) is 11.8. The van der Waals surface area contributed by atoms with Crippen LogP contribution in [0.15, 0.2) is 59.1 Å². The van der Waals surface area contributed by atoms with Crippen LogP contribution < -0.4 is 0 Å². The van der Waals surface area contributed by atoms with Crippen molar-refractivity contribution in [3.8, 4) is 22.4 Å². The molecule has 2 aromatic carbocycles. The van der Waals surface area contributed by atoms with E-state index in [1.807, 2.05) is 49.4 Å². The van der Waals surface area contributed by atoms with Gasteiger partial charge in [-0.25, -0.2) is 0 Å². The summed E-state index contributed by atoms with van der Waals surface area (Å²) >= 11 is 15.6. The fourth-order valence-corrected chi connectivity index (χ4v) is 3.00. The standard InChI is InChI=1S/C18H12BrCl2N/c1-11-7-14(12-5-6-16(20)17(21)9-12)10-18(22-11)13-3-2-4-15(19)8-13/h2-10H,1H3. The summed E-state index contributed by atoms with van der Waals surface area (Å²) in [7, 11) is 0. The van der Waals surface area contributed by atoms with Gasteiger partial charge in [-0.05, 0) is 54.4 Å². The molecule has 4 heteroatoms. The van der Waals surface area contributed by atoms with Crippen LogP contribution in [0.4, 0.5) is 0 Å². The number of hydrogen-bond donors (Lipinski definition) is 0. The molecule has 0 aliphatic heterocycles. The Morgan fingerprint density at radius 1 is 0.818 bits per heavy atom. The predicted molar refractivity (Wildman–Crippen MR) is 97.6 cm³/mol. The number of hydrogen-bond acceptors (Lipinski definition) is 1. The molecule has 3 aromatic rings. The zero-order chi connectivity index (χ0) is 15.7. The summed E-state index contributed by atoms with van der Waals surface area (Å²) in [6.07, 6.45) is 0. The predicted octanol–water partition coefficient (Wildman–Crippen LogP) is 6.79. The molecular weight excluding hydrogens is 381 g/mol. The van der Waals surface area contributed by atoms with Gasteiger partial charge in [0.1, 0.15) is 0 Å². The van der Waals surface area contributed by atoms with E-state index >= 15 is 0 Å². The van der Waals surface area contributed by atoms with E-state index < -0.39 is 0 Å². The minimum Gasteiger partial charge on any atom is -0.253 e. The highest BCUT2D eigenvalue weighted by Crippen LogP contribution is 2.31. The fourth-order valence-electron chi connectivity index (χ4n) is 2.31. The van der Waals surface area contributed by atoms with E-state index in [2.05, 4.69) is 33.0 Å². The molecule has 0 aliphatic rings. The lowest BCUT2D eigenvalue weighted by atomic mass is 10.0. The van der Waals surface area contributed by atoms with Crippen molar-refractivity contribution < 1.29 is 0 Å². The summed E-state index contributed by atoms with van der Waals surface area (Å²) in [6.45, 7) is 1.99. The van der Waals surface area contributed by atoms with Crippen LogP contribution in [0.5, 0.6) is 0 Å². The van der Waals surface area contributed by atoms with E-state index in [4.69, 9.17) is 23.2 Å². The highest BCUT2D eigenvalue weighted by molar-refractivity contribution is 9.10. The number of aromatic nitrogens is 1. The molecule has 0 aliphatic carbocycles. The van der Waals surface area contributed by atoms with Gasteiger partial charge >= 0.3 is 0 Å². The summed E-state index contributed by atoms with van der Waals surface area (Å²) < 4.78 is 1.03. The number of aryl methyl sites for hydroxylation is 1. The first-order valence-electron chi connectivity index (χ1n) is 6.73. The van der Waals surface area contributed by atoms with E-state index in [9.17, 15) is 0 Å². The summed E-state index contributed by atoms with van der Waals surface area (Å²) in [5.74, 6) is 0. The third-order valence-corrected chi connectivity index (χ3v) is 4.56. The van der Waals surface area contributed by atoms with Crippen LogP contribution in [-0.4, -0.2) is 4.98 Å². The maximum atomic E-state index is 6.13. The van der Waals surface area contributed by atoms with Crippen LogP contribution in [0.25, 0.3) is 22.4 Å². The fraction of sp³-hybridized carbons (Fsp3) is 0.0556. The zero-order valence-corrected chi connectivity index (χ0v) is 14.9. The molecule has 0 saturated carbocycles. The first kappa shape index (κ1) is 15.5. The lowest BCUT2D eigenvalue weighted by Crippen LogP contribution is -1.90. The molecule has 0 N–H and O–H groups in total. The smallest absolute Gasteiger partial charge is 0.0711 e. The van der Waals surface area contributed by atoms with Gasteiger partial charge in [0.25, 0.3) is 0 Å². The quantitative estimate of drug-likeness (QED) is 0.467. The van der Waals surface area contributed by atoms with Gasteiger partial charge in [-0.15, -0.1) is 0 Å². The lowest BCUT2D eigenvalue weighted by Gasteiger charge is -2.09. The molecule has 0 amide bonds. The first-order valence-corrected chi connectivity index (χ1v) is 8.28. The Balaban J connectivity index is 2.12. The summed E-state index contributed by atoms with van der Waals surface area (Å²) in [6, 6.07) is 17.9. The monoisotopic (exact) mass is 391 g/mol. The van der Waals surface area contributed by atoms with Crippen LogP contribution >= 0.6 is 39.1 Å². The highest BCUT2D eigenvalue weighted by atomic mass is 79.9. The second-order valence-electron chi connectivity index (χ2n) is 5.02. The average Bonchev–Trinajstić information content (AvgIpc) is 2.49. The molecule has 22 heavy (non-hydrogen) atoms. The van der Waals surface area contributed by atoms with Gasteiger partial charge in [0.15, 0.2) is 0 Å². The Morgan fingerprint density at radius 2 is 1.64 bits per heavy atom. The SMILES string of the molecule is Cc1cc(-c2ccc(Cl)c(Cl)c2)cc(-c2cccc(Br)c2)n1. The summed E-state index contributed by atoms with van der Waals surface area (Å²) in [5.41, 5.74) is 5.05. The van der Waals surface area contributed by atoms with Gasteiger partial charge in [0, 0.05) is 15.7 Å². The molecule has 1 heterocycles. The number of rotatable bonds is 2. The molecule has 0 unspecified atom stereocenters. The van der Waals surface area contributed by atoms with Crippen LogP contribution in [0.2, 0.25) is 10.0 Å². The van der Waals surface area contributed by atoms with Crippen LogP contribution in [0.1, 0.15) is 5.69 Å². The molecule has 0 fully saturated rings. The molecule has 0 spiro atoms. The molecule has 0 atom stereocenters. The molecule has 1 aromatic heterocycles. The lowest BCUT2D eigenvalue weighted by molar-refractivity contribution is 1.21. The van der Waals surface area contributed by atoms with Gasteiger partial charge in [-0.1, -0.05) is 57.3 Å². The third kappa shape index (κ3) is 3.35. The number of halogens is 3. The van der Waals surface area contributed by atoms with Crippen LogP contribution in [0.3, 0.4) is 0 Å². The molecule has 0 saturated heterocycles. The second-order valence-corrected chi connectivity index (χ2v) is 6.75. The van der Waals surface area contributed by atoms with Gasteiger partial charge < -0.3 is 0 Å². The van der Waals surface area contributed by atoms with Crippen LogP contribution in [0, 0.1) is 6.92 Å². The second kappa shape index (κ2) is 6.41. The van der Waals surface area contributed by atoms with Gasteiger partial charge in [0.2, 0.25) is 0 Å². The molecule has 1 nitrogen and oxygen atoms in total. The summed E-state index contributed by atoms with van der Waals surface area (Å²) in [5, 5.41) is 1.11. The first-order chi connectivity index (χ1) is 10.5. The average molecular weight is 393 g/mol. The summed E-state index contributed by atoms with van der Waals surface area (Å²) in [4.78, 5) is 4.63. The highest BCUT2D eigenvalue weighted by Gasteiger charge is 2.07. The Labute approximate surface area is 148 Å². The molecule has 110 valence electrons. The maximum absolute atomic E-state index is 6.13. The number of benzene rings is 2. The third-order valence-electron chi connectivity index (χ3n) is 3.33. The Morgan fingerprint density at radius 3 is 2.36 bits per heavy atom. The Bertz CT molecular complexity index is 846. The number of nitrogens with zero attached hydrogens (tertiary/aromatic N) is 1. The molecule has 0 bridgehead atoms. The van der Waals surface area contributed by atoms with Gasteiger partial charge in [-0.3, -0.25) is 4.98 Å². The van der Waals surface area contributed by atoms with Crippen molar-refractivity contribution in [2.24, 2.45) is 0 Å². The van der Waals surface area contributed by atoms with Crippen molar-refractivity contribution in [2.75, 3.05) is 0 Å². The van der Waals surface area contributed by atoms with E-state index in [1.165, 1.54) is 0 Å². The van der Waals surface area contributed by atoms with Crippen molar-refractivity contribution in [3.63, 3.8) is 0 Å². The molecule has 3 rings (SSSR count). The molecular formula is C18H12BrCl2N. The van der Waals surface area contributed by atoms with Gasteiger partial charge in [-0.2, -0.15) is 0 Å². The van der Waals surface area contributed by atoms with Crippen molar-refractivity contribution >= 4 is 39.1 Å². The van der Waals surface area contributed by atoms with E-state index in [1.54, 1.807) is 0 Å². The topological polar surface area (TPSA) is 12.9 Å². The normalized spacial score (nSPS) is 10.7. The van der Waals surface area contributed by atoms with Crippen molar-refractivity contribution in [1.82, 2.24) is 4.98 Å². The van der Waals surface area contributed by atoms with E-state index in [0.717, 1.165) is 32.6 Å². The van der Waals surface area contributed by atoms with Crippen molar-refractivity contribution in [1.29, 1.82) is 0 Å². The van der Waals surface area contributed by atoms with Gasteiger partial charge in [0.05, 0.1) is 15.7 Å².